The fraction of sp³-hybridized carbons (Fsp3) is 0.613. The van der Waals surface area contributed by atoms with E-state index in [1.807, 2.05) is 76.8 Å². The minimum atomic E-state index is -0.965. The molecule has 11 nitrogen and oxygen atoms in total. The quantitative estimate of drug-likeness (QED) is 0.465. The maximum absolute atomic E-state index is 12.5. The third-order valence-electron chi connectivity index (χ3n) is 8.02. The van der Waals surface area contributed by atoms with Gasteiger partial charge < -0.3 is 25.0 Å². The molecule has 3 amide bonds. The van der Waals surface area contributed by atoms with Crippen molar-refractivity contribution in [2.45, 2.75) is 104 Å². The van der Waals surface area contributed by atoms with Gasteiger partial charge in [-0.05, 0) is 84.1 Å². The van der Waals surface area contributed by atoms with Gasteiger partial charge in [-0.2, -0.15) is 5.10 Å². The summed E-state index contributed by atoms with van der Waals surface area (Å²) in [6.07, 6.45) is 4.80. The largest absolute Gasteiger partial charge is 0.465 e. The van der Waals surface area contributed by atoms with Crippen LogP contribution in [0.3, 0.4) is 0 Å². The molecule has 230 valence electrons. The number of aromatic nitrogens is 2. The summed E-state index contributed by atoms with van der Waals surface area (Å²) in [5.41, 5.74) is 2.97. The molecule has 2 aliphatic rings. The van der Waals surface area contributed by atoms with Gasteiger partial charge in [0, 0.05) is 62.1 Å². The maximum atomic E-state index is 12.5. The second kappa shape index (κ2) is 12.7. The van der Waals surface area contributed by atoms with Crippen molar-refractivity contribution in [3.8, 4) is 11.1 Å². The number of likely N-dealkylation sites (tertiary alicyclic amines) is 1. The minimum Gasteiger partial charge on any atom is -0.465 e. The summed E-state index contributed by atoms with van der Waals surface area (Å²) in [5, 5.41) is 17.6. The average molecular weight is 583 g/mol. The number of rotatable bonds is 7. The summed E-state index contributed by atoms with van der Waals surface area (Å²) < 4.78 is 7.31. The van der Waals surface area contributed by atoms with E-state index in [2.05, 4.69) is 15.3 Å². The van der Waals surface area contributed by atoms with Crippen molar-refractivity contribution >= 4 is 23.8 Å². The lowest BCUT2D eigenvalue weighted by Crippen LogP contribution is -2.48. The van der Waals surface area contributed by atoms with Crippen LogP contribution in [0.1, 0.15) is 79.3 Å². The summed E-state index contributed by atoms with van der Waals surface area (Å²) in [6.45, 7) is 16.2. The minimum absolute atomic E-state index is 0.0566. The van der Waals surface area contributed by atoms with Crippen LogP contribution in [0, 0.1) is 0 Å². The Hall–Kier alpha value is -3.60. The number of alkyl carbamates (subject to hydrolysis) is 1. The Labute approximate surface area is 248 Å². The van der Waals surface area contributed by atoms with Crippen LogP contribution in [0.25, 0.3) is 11.1 Å². The molecule has 0 saturated carbocycles. The molecule has 3 heterocycles. The molecule has 1 fully saturated rings. The van der Waals surface area contributed by atoms with Crippen LogP contribution in [0.2, 0.25) is 0 Å². The fourth-order valence-corrected chi connectivity index (χ4v) is 6.12. The van der Waals surface area contributed by atoms with Crippen LogP contribution in [0.4, 0.5) is 15.3 Å². The zero-order valence-electron chi connectivity index (χ0n) is 26.0. The van der Waals surface area contributed by atoms with E-state index in [4.69, 9.17) is 4.74 Å². The van der Waals surface area contributed by atoms with Crippen molar-refractivity contribution in [1.82, 2.24) is 24.9 Å². The molecule has 2 aromatic rings. The smallest absolute Gasteiger partial charge is 0.408 e. The van der Waals surface area contributed by atoms with Crippen LogP contribution >= 0.6 is 0 Å². The number of hydrogen-bond acceptors (Lipinski definition) is 6. The number of ether oxygens (including phenoxy) is 1. The van der Waals surface area contributed by atoms with Gasteiger partial charge >= 0.3 is 12.2 Å². The molecule has 0 spiro atoms. The first kappa shape index (κ1) is 31.3. The second-order valence-electron chi connectivity index (χ2n) is 12.8. The van der Waals surface area contributed by atoms with Gasteiger partial charge in [0.25, 0.3) is 0 Å². The Kier molecular flexibility index (Phi) is 9.50. The van der Waals surface area contributed by atoms with E-state index in [1.165, 1.54) is 4.90 Å². The van der Waals surface area contributed by atoms with Gasteiger partial charge in [-0.1, -0.05) is 6.07 Å². The number of anilines is 1. The third-order valence-corrected chi connectivity index (χ3v) is 8.02. The van der Waals surface area contributed by atoms with E-state index in [9.17, 15) is 19.5 Å². The van der Waals surface area contributed by atoms with E-state index in [-0.39, 0.29) is 36.2 Å². The number of carbonyl (C=O) groups is 3. The van der Waals surface area contributed by atoms with Gasteiger partial charge in [0.2, 0.25) is 5.91 Å². The Morgan fingerprint density at radius 2 is 1.83 bits per heavy atom. The number of fused-ring (bicyclic) bond motifs is 1. The van der Waals surface area contributed by atoms with Crippen molar-refractivity contribution in [1.29, 1.82) is 0 Å². The lowest BCUT2D eigenvalue weighted by atomic mass is 9.88. The van der Waals surface area contributed by atoms with Crippen LogP contribution in [0.5, 0.6) is 0 Å². The molecule has 1 aromatic heterocycles. The topological polar surface area (TPSA) is 120 Å². The molecule has 2 aliphatic heterocycles. The number of nitrogens with zero attached hydrogens (tertiary/aromatic N) is 5. The first-order chi connectivity index (χ1) is 19.7. The molecule has 0 radical (unpaired) electrons. The van der Waals surface area contributed by atoms with Crippen LogP contribution in [-0.2, 0) is 16.1 Å². The molecule has 2 atom stereocenters. The third kappa shape index (κ3) is 7.42. The average Bonchev–Trinajstić information content (AvgIpc) is 3.35. The van der Waals surface area contributed by atoms with Gasteiger partial charge in [-0.25, -0.2) is 9.59 Å². The second-order valence-corrected chi connectivity index (χ2v) is 12.8. The zero-order valence-corrected chi connectivity index (χ0v) is 26.0. The molecule has 42 heavy (non-hydrogen) atoms. The monoisotopic (exact) mass is 582 g/mol. The van der Waals surface area contributed by atoms with Gasteiger partial charge in [-0.3, -0.25) is 14.4 Å². The van der Waals surface area contributed by atoms with Crippen LogP contribution in [0.15, 0.2) is 30.6 Å². The zero-order chi connectivity index (χ0) is 30.8. The predicted octanol–water partition coefficient (Wildman–Crippen LogP) is 5.11. The van der Waals surface area contributed by atoms with Crippen molar-refractivity contribution in [2.24, 2.45) is 0 Å². The number of amides is 3. The highest BCUT2D eigenvalue weighted by Gasteiger charge is 2.38. The highest BCUT2D eigenvalue weighted by Crippen LogP contribution is 2.43. The Morgan fingerprint density at radius 3 is 2.43 bits per heavy atom. The fourth-order valence-electron chi connectivity index (χ4n) is 6.12. The van der Waals surface area contributed by atoms with Gasteiger partial charge in [0.05, 0.1) is 18.8 Å². The summed E-state index contributed by atoms with van der Waals surface area (Å²) in [6, 6.07) is 5.37. The van der Waals surface area contributed by atoms with E-state index in [0.717, 1.165) is 61.4 Å². The lowest BCUT2D eigenvalue weighted by molar-refractivity contribution is -0.117. The summed E-state index contributed by atoms with van der Waals surface area (Å²) in [7, 11) is 0. The first-order valence-corrected chi connectivity index (χ1v) is 14.9. The number of nitrogens with one attached hydrogen (secondary N) is 1. The predicted molar refractivity (Wildman–Crippen MR) is 161 cm³/mol. The van der Waals surface area contributed by atoms with Gasteiger partial charge in [0.15, 0.2) is 0 Å². The highest BCUT2D eigenvalue weighted by molar-refractivity contribution is 5.94. The number of carboxylic acid groups (broad SMARTS) is 1. The summed E-state index contributed by atoms with van der Waals surface area (Å²) in [4.78, 5) is 42.5. The van der Waals surface area contributed by atoms with E-state index < -0.39 is 11.7 Å². The van der Waals surface area contributed by atoms with E-state index in [1.54, 1.807) is 11.8 Å². The summed E-state index contributed by atoms with van der Waals surface area (Å²) in [5.74, 6) is -0.0566. The van der Waals surface area contributed by atoms with Gasteiger partial charge in [0.1, 0.15) is 5.60 Å². The highest BCUT2D eigenvalue weighted by atomic mass is 16.6. The molecular weight excluding hydrogens is 536 g/mol. The molecule has 0 bridgehead atoms. The molecule has 11 heteroatoms. The van der Waals surface area contributed by atoms with Crippen molar-refractivity contribution in [2.75, 3.05) is 24.5 Å². The molecular formula is C31H46N6O5. The van der Waals surface area contributed by atoms with E-state index in [0.29, 0.717) is 6.42 Å². The van der Waals surface area contributed by atoms with Gasteiger partial charge in [-0.15, -0.1) is 0 Å². The first-order valence-electron chi connectivity index (χ1n) is 14.9. The lowest BCUT2D eigenvalue weighted by Gasteiger charge is -2.43. The number of hydrogen-bond donors (Lipinski definition) is 2. The summed E-state index contributed by atoms with van der Waals surface area (Å²) >= 11 is 0. The SMILES string of the molecule is CC(=O)N1c2ccc(-c3cnn(CCN4CCC(NC(=O)OC(C)(C)C)CC4)c3)cc2[C@H](N(C(=O)O)C(C)C)C[C@@H]1C. The van der Waals surface area contributed by atoms with Crippen LogP contribution in [-0.4, -0.2) is 86.1 Å². The number of piperidine rings is 1. The Morgan fingerprint density at radius 1 is 1.14 bits per heavy atom. The number of benzene rings is 1. The maximum Gasteiger partial charge on any atom is 0.408 e. The molecule has 1 saturated heterocycles. The molecule has 2 N–H and O–H groups in total. The van der Waals surface area contributed by atoms with Crippen molar-refractivity contribution in [3.63, 3.8) is 0 Å². The molecule has 4 rings (SSSR count). The van der Waals surface area contributed by atoms with Crippen molar-refractivity contribution < 1.29 is 24.2 Å². The van der Waals surface area contributed by atoms with Crippen LogP contribution < -0.4 is 10.2 Å². The molecule has 1 aromatic carbocycles. The normalized spacial score (nSPS) is 19.9. The van der Waals surface area contributed by atoms with E-state index >= 15 is 0 Å². The Balaban J connectivity index is 1.43. The molecule has 0 unspecified atom stereocenters. The molecule has 0 aliphatic carbocycles. The Bertz CT molecular complexity index is 1280. The van der Waals surface area contributed by atoms with Crippen molar-refractivity contribution in [3.05, 3.63) is 36.2 Å². The number of carbonyl (C=O) groups excluding carboxylic acids is 2. The standard InChI is InChI=1S/C31H46N6O5/c1-20(2)36(30(40)41)28-16-21(3)37(22(4)38)27-9-8-23(17-26(27)28)24-18-32-35(19-24)15-14-34-12-10-25(11-13-34)33-29(39)42-31(5,6)7/h8-9,17-21,25,28H,10-16H2,1-7H3,(H,33,39)(H,40,41)/t21-,28+/m0/s1.